The number of anilines is 1. The number of nitrogens with zero attached hydrogens (tertiary/aromatic N) is 4. The van der Waals surface area contributed by atoms with Crippen molar-refractivity contribution < 1.29 is 19.1 Å². The Morgan fingerprint density at radius 3 is 2.47 bits per heavy atom. The SMILES string of the molecule is C#CC(=O)C1NC(C(=O)C#C)N(CCC#N)c2nc(C#Cc3ccc(OC)c(OC)c3)n(C)c21. The molecule has 34 heavy (non-hydrogen) atoms. The number of aromatic nitrogens is 2. The molecule has 2 heterocycles. The minimum atomic E-state index is -1.06. The molecule has 9 heteroatoms. The van der Waals surface area contributed by atoms with Crippen LogP contribution in [-0.4, -0.2) is 48.0 Å². The molecule has 3 rings (SSSR count). The van der Waals surface area contributed by atoms with Crippen LogP contribution in [-0.2, 0) is 16.6 Å². The standard InChI is InChI=1S/C25H21N5O4/c1-6-17(31)22-23-25(30(14-8-13-26)24(28-22)18(32)7-2)27-21(29(23)3)12-10-16-9-11-19(33-4)20(15-16)34-5/h1-2,9,11,15,22,24,28H,8,14H2,3-5H3. The molecule has 1 aromatic carbocycles. The highest BCUT2D eigenvalue weighted by atomic mass is 16.5. The number of terminal acetylenes is 2. The topological polar surface area (TPSA) is 109 Å². The fourth-order valence-electron chi connectivity index (χ4n) is 3.62. The number of rotatable bonds is 6. The van der Waals surface area contributed by atoms with Gasteiger partial charge in [-0.15, -0.1) is 12.8 Å². The number of benzene rings is 1. The van der Waals surface area contributed by atoms with E-state index in [1.54, 1.807) is 41.8 Å². The molecular formula is C25H21N5O4. The molecule has 0 saturated heterocycles. The van der Waals surface area contributed by atoms with Crippen molar-refractivity contribution in [2.45, 2.75) is 18.6 Å². The maximum atomic E-state index is 12.5. The number of carbonyl (C=O) groups is 2. The summed E-state index contributed by atoms with van der Waals surface area (Å²) < 4.78 is 12.2. The van der Waals surface area contributed by atoms with E-state index < -0.39 is 23.8 Å². The molecule has 0 radical (unpaired) electrons. The van der Waals surface area contributed by atoms with E-state index in [9.17, 15) is 9.59 Å². The van der Waals surface area contributed by atoms with E-state index in [-0.39, 0.29) is 13.0 Å². The zero-order valence-corrected chi connectivity index (χ0v) is 18.9. The molecule has 9 nitrogen and oxygen atoms in total. The minimum Gasteiger partial charge on any atom is -0.493 e. The molecule has 2 unspecified atom stereocenters. The molecule has 0 fully saturated rings. The van der Waals surface area contributed by atoms with E-state index in [2.05, 4.69) is 34.0 Å². The second-order valence-electron chi connectivity index (χ2n) is 7.14. The summed E-state index contributed by atoms with van der Waals surface area (Å²) in [5.74, 6) is 10.7. The zero-order chi connectivity index (χ0) is 24.8. The highest BCUT2D eigenvalue weighted by Gasteiger charge is 2.41. The number of carbonyl (C=O) groups excluding carboxylic acids is 2. The van der Waals surface area contributed by atoms with Crippen molar-refractivity contribution in [1.29, 1.82) is 5.26 Å². The lowest BCUT2D eigenvalue weighted by Gasteiger charge is -2.37. The van der Waals surface area contributed by atoms with Gasteiger partial charge in [-0.25, -0.2) is 4.98 Å². The molecule has 2 aromatic rings. The molecule has 1 aliphatic rings. The van der Waals surface area contributed by atoms with Gasteiger partial charge >= 0.3 is 0 Å². The van der Waals surface area contributed by atoms with Gasteiger partial charge in [0, 0.05) is 19.2 Å². The first-order chi connectivity index (χ1) is 16.4. The largest absolute Gasteiger partial charge is 0.493 e. The Bertz CT molecular complexity index is 1330. The molecule has 2 atom stereocenters. The molecule has 0 bridgehead atoms. The Labute approximate surface area is 197 Å². The van der Waals surface area contributed by atoms with Gasteiger partial charge in [0.05, 0.1) is 32.4 Å². The first-order valence-electron chi connectivity index (χ1n) is 10.1. The monoisotopic (exact) mass is 455 g/mol. The van der Waals surface area contributed by atoms with Crippen LogP contribution in [0.5, 0.6) is 11.5 Å². The number of fused-ring (bicyclic) bond motifs is 1. The summed E-state index contributed by atoms with van der Waals surface area (Å²) >= 11 is 0. The quantitative estimate of drug-likeness (QED) is 0.506. The van der Waals surface area contributed by atoms with Crippen LogP contribution in [0, 0.1) is 47.9 Å². The summed E-state index contributed by atoms with van der Waals surface area (Å²) in [7, 11) is 4.76. The summed E-state index contributed by atoms with van der Waals surface area (Å²) in [6.07, 6.45) is 9.75. The Morgan fingerprint density at radius 2 is 1.85 bits per heavy atom. The van der Waals surface area contributed by atoms with Crippen molar-refractivity contribution in [3.05, 3.63) is 35.3 Å². The zero-order valence-electron chi connectivity index (χ0n) is 18.9. The van der Waals surface area contributed by atoms with Crippen LogP contribution in [0.15, 0.2) is 18.2 Å². The number of imidazole rings is 1. The molecule has 0 aliphatic carbocycles. The maximum Gasteiger partial charge on any atom is 0.242 e. The number of ketones is 2. The number of Topliss-reactive ketones (excluding diaryl/α,β-unsaturated/α-hetero) is 2. The smallest absolute Gasteiger partial charge is 0.242 e. The van der Waals surface area contributed by atoms with Gasteiger partial charge in [0.1, 0.15) is 6.04 Å². The fourth-order valence-corrected chi connectivity index (χ4v) is 3.62. The number of hydrogen-bond acceptors (Lipinski definition) is 8. The van der Waals surface area contributed by atoms with Crippen molar-refractivity contribution >= 4 is 17.4 Å². The van der Waals surface area contributed by atoms with Crippen molar-refractivity contribution in [3.8, 4) is 54.1 Å². The third kappa shape index (κ3) is 4.43. The van der Waals surface area contributed by atoms with E-state index in [4.69, 9.17) is 27.6 Å². The average molecular weight is 455 g/mol. The van der Waals surface area contributed by atoms with Gasteiger partial charge < -0.3 is 18.9 Å². The lowest BCUT2D eigenvalue weighted by molar-refractivity contribution is -0.118. The first kappa shape index (κ1) is 24.0. The van der Waals surface area contributed by atoms with E-state index in [1.807, 2.05) is 6.07 Å². The van der Waals surface area contributed by atoms with Crippen LogP contribution in [0.1, 0.15) is 29.5 Å². The summed E-state index contributed by atoms with van der Waals surface area (Å²) in [6.45, 7) is 0.158. The third-order valence-electron chi connectivity index (χ3n) is 5.26. The van der Waals surface area contributed by atoms with Crippen molar-refractivity contribution in [2.24, 2.45) is 7.05 Å². The van der Waals surface area contributed by atoms with Crippen LogP contribution in [0.25, 0.3) is 0 Å². The third-order valence-corrected chi connectivity index (χ3v) is 5.26. The molecule has 0 spiro atoms. The highest BCUT2D eigenvalue weighted by Crippen LogP contribution is 2.33. The Morgan fingerprint density at radius 1 is 1.15 bits per heavy atom. The van der Waals surface area contributed by atoms with Gasteiger partial charge in [0.15, 0.2) is 29.3 Å². The van der Waals surface area contributed by atoms with Crippen LogP contribution in [0.3, 0.4) is 0 Å². The van der Waals surface area contributed by atoms with Crippen molar-refractivity contribution in [1.82, 2.24) is 14.9 Å². The normalized spacial score (nSPS) is 16.1. The molecule has 1 aromatic heterocycles. The van der Waals surface area contributed by atoms with Gasteiger partial charge in [0.2, 0.25) is 11.6 Å². The van der Waals surface area contributed by atoms with Gasteiger partial charge in [0.25, 0.3) is 0 Å². The number of nitrogens with one attached hydrogen (secondary N) is 1. The van der Waals surface area contributed by atoms with Crippen LogP contribution >= 0.6 is 0 Å². The van der Waals surface area contributed by atoms with Gasteiger partial charge in [-0.3, -0.25) is 14.9 Å². The Hall–Kier alpha value is -4.70. The van der Waals surface area contributed by atoms with Crippen molar-refractivity contribution in [3.63, 3.8) is 0 Å². The van der Waals surface area contributed by atoms with Crippen LogP contribution in [0.2, 0.25) is 0 Å². The fraction of sp³-hybridized carbons (Fsp3) is 0.280. The van der Waals surface area contributed by atoms with Crippen LogP contribution in [0.4, 0.5) is 5.82 Å². The van der Waals surface area contributed by atoms with Crippen molar-refractivity contribution in [2.75, 3.05) is 25.7 Å². The molecule has 0 saturated carbocycles. The van der Waals surface area contributed by atoms with E-state index in [1.165, 1.54) is 7.11 Å². The van der Waals surface area contributed by atoms with Gasteiger partial charge in [-0.1, -0.05) is 5.92 Å². The average Bonchev–Trinajstić information content (AvgIpc) is 3.20. The number of methoxy groups -OCH3 is 2. The van der Waals surface area contributed by atoms with Gasteiger partial charge in [-0.2, -0.15) is 5.26 Å². The summed E-state index contributed by atoms with van der Waals surface area (Å²) in [4.78, 5) is 31.1. The summed E-state index contributed by atoms with van der Waals surface area (Å²) in [6, 6.07) is 6.25. The number of hydrogen-bond donors (Lipinski definition) is 1. The molecular weight excluding hydrogens is 434 g/mol. The van der Waals surface area contributed by atoms with Crippen LogP contribution < -0.4 is 19.7 Å². The predicted molar refractivity (Wildman–Crippen MR) is 124 cm³/mol. The Kier molecular flexibility index (Phi) is 7.24. The maximum absolute atomic E-state index is 12.5. The van der Waals surface area contributed by atoms with Gasteiger partial charge in [-0.05, 0) is 36.0 Å². The second-order valence-corrected chi connectivity index (χ2v) is 7.14. The van der Waals surface area contributed by atoms with E-state index >= 15 is 0 Å². The lowest BCUT2D eigenvalue weighted by Crippen LogP contribution is -2.57. The minimum absolute atomic E-state index is 0.104. The molecule has 0 amide bonds. The second kappa shape index (κ2) is 10.3. The lowest BCUT2D eigenvalue weighted by atomic mass is 10.0. The summed E-state index contributed by atoms with van der Waals surface area (Å²) in [5, 5.41) is 12.0. The molecule has 1 N–H and O–H groups in total. The highest BCUT2D eigenvalue weighted by molar-refractivity contribution is 6.04. The number of ether oxygens (including phenoxy) is 2. The molecule has 1 aliphatic heterocycles. The van der Waals surface area contributed by atoms with E-state index in [0.29, 0.717) is 34.4 Å². The first-order valence-corrected chi connectivity index (χ1v) is 10.1. The molecule has 170 valence electrons. The number of nitriles is 1. The Balaban J connectivity index is 2.13. The predicted octanol–water partition coefficient (Wildman–Crippen LogP) is 0.932. The summed E-state index contributed by atoms with van der Waals surface area (Å²) in [5.41, 5.74) is 1.08. The van der Waals surface area contributed by atoms with E-state index in [0.717, 1.165) is 0 Å².